The number of carbonyl (C=O) groups is 1. The van der Waals surface area contributed by atoms with Crippen LogP contribution in [0, 0.1) is 10.1 Å². The molecule has 0 radical (unpaired) electrons. The average molecular weight is 364 g/mol. The SMILES string of the molecule is O=C(c1cc([N+](=O)[O-])ccc1Cl)N1CCN(CCn2ccnc2)CC1. The van der Waals surface area contributed by atoms with Crippen LogP contribution in [0.4, 0.5) is 5.69 Å². The first-order valence-electron chi connectivity index (χ1n) is 7.96. The number of carbonyl (C=O) groups excluding carboxylic acids is 1. The third-order valence-corrected chi connectivity index (χ3v) is 4.61. The summed E-state index contributed by atoms with van der Waals surface area (Å²) in [4.78, 5) is 31.0. The van der Waals surface area contributed by atoms with Crippen molar-refractivity contribution < 1.29 is 9.72 Å². The highest BCUT2D eigenvalue weighted by Gasteiger charge is 2.25. The molecule has 0 atom stereocenters. The number of halogens is 1. The highest BCUT2D eigenvalue weighted by molar-refractivity contribution is 6.33. The number of amides is 1. The molecule has 1 fully saturated rings. The molecule has 1 aliphatic rings. The van der Waals surface area contributed by atoms with E-state index >= 15 is 0 Å². The van der Waals surface area contributed by atoms with Gasteiger partial charge >= 0.3 is 0 Å². The third-order valence-electron chi connectivity index (χ3n) is 4.28. The van der Waals surface area contributed by atoms with E-state index in [2.05, 4.69) is 9.88 Å². The van der Waals surface area contributed by atoms with Gasteiger partial charge in [-0.3, -0.25) is 19.8 Å². The number of benzene rings is 1. The van der Waals surface area contributed by atoms with Gasteiger partial charge in [-0.25, -0.2) is 4.98 Å². The highest BCUT2D eigenvalue weighted by Crippen LogP contribution is 2.24. The number of rotatable bonds is 5. The van der Waals surface area contributed by atoms with E-state index in [-0.39, 0.29) is 22.2 Å². The van der Waals surface area contributed by atoms with E-state index in [9.17, 15) is 14.9 Å². The van der Waals surface area contributed by atoms with Crippen molar-refractivity contribution in [2.24, 2.45) is 0 Å². The molecule has 1 amide bonds. The molecule has 8 nitrogen and oxygen atoms in total. The Labute approximate surface area is 149 Å². The maximum absolute atomic E-state index is 12.6. The minimum absolute atomic E-state index is 0.133. The zero-order valence-corrected chi connectivity index (χ0v) is 14.3. The average Bonchev–Trinajstić information content (AvgIpc) is 3.13. The Morgan fingerprint density at radius 1 is 1.24 bits per heavy atom. The van der Waals surface area contributed by atoms with Gasteiger partial charge in [0.25, 0.3) is 11.6 Å². The van der Waals surface area contributed by atoms with Crippen molar-refractivity contribution in [2.75, 3.05) is 32.7 Å². The molecule has 132 valence electrons. The standard InChI is InChI=1S/C16H18ClN5O3/c17-15-2-1-13(22(24)25)11-14(15)16(23)21-9-7-19(8-10-21)5-6-20-4-3-18-12-20/h1-4,11-12H,5-10H2. The Kier molecular flexibility index (Phi) is 5.30. The molecule has 0 aliphatic carbocycles. The first kappa shape index (κ1) is 17.4. The fourth-order valence-electron chi connectivity index (χ4n) is 2.81. The Morgan fingerprint density at radius 2 is 2.00 bits per heavy atom. The van der Waals surface area contributed by atoms with Crippen molar-refractivity contribution in [1.82, 2.24) is 19.4 Å². The van der Waals surface area contributed by atoms with Crippen LogP contribution in [0.2, 0.25) is 5.02 Å². The number of non-ortho nitro benzene ring substituents is 1. The van der Waals surface area contributed by atoms with Gasteiger partial charge in [0.15, 0.2) is 0 Å². The van der Waals surface area contributed by atoms with Crippen LogP contribution in [-0.4, -0.2) is 62.9 Å². The maximum Gasteiger partial charge on any atom is 0.270 e. The molecule has 0 saturated carbocycles. The van der Waals surface area contributed by atoms with Crippen molar-refractivity contribution in [3.05, 3.63) is 57.6 Å². The van der Waals surface area contributed by atoms with E-state index in [0.717, 1.165) is 26.2 Å². The molecule has 1 aromatic carbocycles. The van der Waals surface area contributed by atoms with Crippen LogP contribution in [0.15, 0.2) is 36.9 Å². The van der Waals surface area contributed by atoms with Gasteiger partial charge in [-0.05, 0) is 6.07 Å². The minimum Gasteiger partial charge on any atom is -0.336 e. The van der Waals surface area contributed by atoms with Crippen LogP contribution < -0.4 is 0 Å². The van der Waals surface area contributed by atoms with Crippen molar-refractivity contribution >= 4 is 23.2 Å². The number of hydrogen-bond acceptors (Lipinski definition) is 5. The van der Waals surface area contributed by atoms with E-state index < -0.39 is 4.92 Å². The Hall–Kier alpha value is -2.45. The summed E-state index contributed by atoms with van der Waals surface area (Å²) in [6.45, 7) is 4.39. The lowest BCUT2D eigenvalue weighted by Crippen LogP contribution is -2.49. The third kappa shape index (κ3) is 4.15. The first-order chi connectivity index (χ1) is 12.0. The molecule has 3 rings (SSSR count). The van der Waals surface area contributed by atoms with Crippen LogP contribution >= 0.6 is 11.6 Å². The number of nitro groups is 1. The second-order valence-corrected chi connectivity index (χ2v) is 6.26. The molecular weight excluding hydrogens is 346 g/mol. The molecule has 9 heteroatoms. The fourth-order valence-corrected chi connectivity index (χ4v) is 3.01. The topological polar surface area (TPSA) is 84.5 Å². The van der Waals surface area contributed by atoms with Gasteiger partial charge in [0.1, 0.15) is 0 Å². The summed E-state index contributed by atoms with van der Waals surface area (Å²) >= 11 is 6.06. The Morgan fingerprint density at radius 3 is 2.64 bits per heavy atom. The van der Waals surface area contributed by atoms with E-state index in [1.165, 1.54) is 18.2 Å². The van der Waals surface area contributed by atoms with E-state index in [1.54, 1.807) is 17.4 Å². The summed E-state index contributed by atoms with van der Waals surface area (Å²) in [6.07, 6.45) is 5.45. The molecule has 1 aliphatic heterocycles. The molecule has 2 heterocycles. The summed E-state index contributed by atoms with van der Waals surface area (Å²) in [7, 11) is 0. The number of aromatic nitrogens is 2. The lowest BCUT2D eigenvalue weighted by atomic mass is 10.1. The monoisotopic (exact) mass is 363 g/mol. The summed E-state index contributed by atoms with van der Waals surface area (Å²) in [6, 6.07) is 3.94. The zero-order chi connectivity index (χ0) is 17.8. The second kappa shape index (κ2) is 7.62. The number of nitro benzene ring substituents is 1. The molecule has 0 unspecified atom stereocenters. The number of imidazole rings is 1. The lowest BCUT2D eigenvalue weighted by Gasteiger charge is -2.34. The van der Waals surface area contributed by atoms with Crippen molar-refractivity contribution in [3.63, 3.8) is 0 Å². The molecule has 25 heavy (non-hydrogen) atoms. The molecule has 0 spiro atoms. The number of nitrogens with zero attached hydrogens (tertiary/aromatic N) is 5. The van der Waals surface area contributed by atoms with E-state index in [4.69, 9.17) is 11.6 Å². The second-order valence-electron chi connectivity index (χ2n) is 5.86. The van der Waals surface area contributed by atoms with Crippen LogP contribution in [0.3, 0.4) is 0 Å². The minimum atomic E-state index is -0.527. The molecule has 1 aromatic heterocycles. The zero-order valence-electron chi connectivity index (χ0n) is 13.5. The Balaban J connectivity index is 1.58. The van der Waals surface area contributed by atoms with E-state index in [1.807, 2.05) is 10.8 Å². The van der Waals surface area contributed by atoms with Gasteiger partial charge in [-0.2, -0.15) is 0 Å². The predicted molar refractivity (Wildman–Crippen MR) is 92.7 cm³/mol. The quantitative estimate of drug-likeness (QED) is 0.598. The van der Waals surface area contributed by atoms with Gasteiger partial charge in [0, 0.05) is 63.8 Å². The van der Waals surface area contributed by atoms with Crippen molar-refractivity contribution in [1.29, 1.82) is 0 Å². The number of hydrogen-bond donors (Lipinski definition) is 0. The largest absolute Gasteiger partial charge is 0.336 e. The summed E-state index contributed by atoms with van der Waals surface area (Å²) < 4.78 is 2.01. The van der Waals surface area contributed by atoms with Gasteiger partial charge in [0.2, 0.25) is 0 Å². The summed E-state index contributed by atoms with van der Waals surface area (Å²) in [5.41, 5.74) is 0.0504. The van der Waals surface area contributed by atoms with Crippen molar-refractivity contribution in [3.8, 4) is 0 Å². The fraction of sp³-hybridized carbons (Fsp3) is 0.375. The lowest BCUT2D eigenvalue weighted by molar-refractivity contribution is -0.384. The van der Waals surface area contributed by atoms with Crippen LogP contribution in [0.5, 0.6) is 0 Å². The van der Waals surface area contributed by atoms with Crippen LogP contribution in [0.25, 0.3) is 0 Å². The van der Waals surface area contributed by atoms with Crippen LogP contribution in [0.1, 0.15) is 10.4 Å². The van der Waals surface area contributed by atoms with Gasteiger partial charge in [-0.15, -0.1) is 0 Å². The van der Waals surface area contributed by atoms with E-state index in [0.29, 0.717) is 13.1 Å². The summed E-state index contributed by atoms with van der Waals surface area (Å²) in [5, 5.41) is 11.1. The van der Waals surface area contributed by atoms with Gasteiger partial charge in [0.05, 0.1) is 21.8 Å². The molecule has 1 saturated heterocycles. The predicted octanol–water partition coefficient (Wildman–Crippen LogP) is 1.90. The molecule has 0 bridgehead atoms. The van der Waals surface area contributed by atoms with Crippen LogP contribution in [-0.2, 0) is 6.54 Å². The maximum atomic E-state index is 12.6. The number of piperazine rings is 1. The Bertz CT molecular complexity index is 757. The normalized spacial score (nSPS) is 15.3. The smallest absolute Gasteiger partial charge is 0.270 e. The van der Waals surface area contributed by atoms with Gasteiger partial charge < -0.3 is 9.47 Å². The summed E-state index contributed by atoms with van der Waals surface area (Å²) in [5.74, 6) is -0.261. The van der Waals surface area contributed by atoms with Crippen molar-refractivity contribution in [2.45, 2.75) is 6.54 Å². The molecule has 2 aromatic rings. The molecular formula is C16H18ClN5O3. The molecule has 0 N–H and O–H groups in total. The first-order valence-corrected chi connectivity index (χ1v) is 8.33. The highest BCUT2D eigenvalue weighted by atomic mass is 35.5. The van der Waals surface area contributed by atoms with Gasteiger partial charge in [-0.1, -0.05) is 11.6 Å².